The van der Waals surface area contributed by atoms with Crippen molar-refractivity contribution in [2.24, 2.45) is 5.92 Å². The summed E-state index contributed by atoms with van der Waals surface area (Å²) in [5.74, 6) is 0.755. The fourth-order valence-corrected chi connectivity index (χ4v) is 2.77. The van der Waals surface area contributed by atoms with Gasteiger partial charge in [0.15, 0.2) is 0 Å². The van der Waals surface area contributed by atoms with E-state index in [1.165, 1.54) is 12.8 Å². The van der Waals surface area contributed by atoms with Crippen LogP contribution in [-0.4, -0.2) is 33.9 Å². The van der Waals surface area contributed by atoms with E-state index in [9.17, 15) is 0 Å². The van der Waals surface area contributed by atoms with Crippen molar-refractivity contribution in [3.63, 3.8) is 0 Å². The van der Waals surface area contributed by atoms with Gasteiger partial charge in [-0.05, 0) is 18.8 Å². The molecule has 1 aromatic heterocycles. The van der Waals surface area contributed by atoms with Gasteiger partial charge in [-0.25, -0.2) is 0 Å². The maximum Gasteiger partial charge on any atom is 0.138 e. The summed E-state index contributed by atoms with van der Waals surface area (Å²) in [4.78, 5) is 0. The van der Waals surface area contributed by atoms with Gasteiger partial charge >= 0.3 is 0 Å². The highest BCUT2D eigenvalue weighted by Crippen LogP contribution is 2.31. The fourth-order valence-electron chi connectivity index (χ4n) is 1.72. The Labute approximate surface area is 87.8 Å². The van der Waals surface area contributed by atoms with Gasteiger partial charge in [-0.1, -0.05) is 18.7 Å². The lowest BCUT2D eigenvalue weighted by Gasteiger charge is -2.26. The van der Waals surface area contributed by atoms with Crippen LogP contribution in [0.15, 0.2) is 11.2 Å². The van der Waals surface area contributed by atoms with Crippen molar-refractivity contribution in [3.8, 4) is 0 Å². The number of nitrogens with zero attached hydrogens (tertiary/aromatic N) is 2. The van der Waals surface area contributed by atoms with Crippen LogP contribution in [0, 0.1) is 5.92 Å². The first-order valence-electron chi connectivity index (χ1n) is 4.96. The van der Waals surface area contributed by atoms with Gasteiger partial charge in [-0.3, -0.25) is 0 Å². The van der Waals surface area contributed by atoms with E-state index in [1.807, 2.05) is 0 Å². The number of aromatic nitrogens is 3. The first-order valence-corrected chi connectivity index (χ1v) is 5.84. The Morgan fingerprint density at radius 3 is 3.00 bits per heavy atom. The maximum absolute atomic E-state index is 5.34. The smallest absolute Gasteiger partial charge is 0.138 e. The highest BCUT2D eigenvalue weighted by atomic mass is 32.2. The second-order valence-electron chi connectivity index (χ2n) is 3.58. The molecule has 2 heterocycles. The second-order valence-corrected chi connectivity index (χ2v) is 4.98. The fraction of sp³-hybridized carbons (Fsp3) is 0.778. The molecule has 1 N–H and O–H groups in total. The van der Waals surface area contributed by atoms with Crippen LogP contribution in [0.5, 0.6) is 0 Å². The van der Waals surface area contributed by atoms with Crippen LogP contribution in [0.3, 0.4) is 0 Å². The summed E-state index contributed by atoms with van der Waals surface area (Å²) in [5, 5.41) is 12.1. The summed E-state index contributed by atoms with van der Waals surface area (Å²) in [7, 11) is 0. The first kappa shape index (κ1) is 9.98. The Kier molecular flexibility index (Phi) is 3.42. The number of rotatable bonds is 3. The van der Waals surface area contributed by atoms with Gasteiger partial charge in [0.1, 0.15) is 5.03 Å². The lowest BCUT2D eigenvalue weighted by molar-refractivity contribution is 0.0669. The van der Waals surface area contributed by atoms with Crippen molar-refractivity contribution in [2.45, 2.75) is 30.0 Å². The summed E-state index contributed by atoms with van der Waals surface area (Å²) in [6.45, 7) is 4.08. The SMILES string of the molecule is CC(Sc1cn[nH]n1)C1CCOCC1. The molecule has 0 bridgehead atoms. The van der Waals surface area contributed by atoms with Crippen molar-refractivity contribution < 1.29 is 4.74 Å². The van der Waals surface area contributed by atoms with Crippen LogP contribution < -0.4 is 0 Å². The highest BCUT2D eigenvalue weighted by molar-refractivity contribution is 7.99. The number of H-pyrrole nitrogens is 1. The van der Waals surface area contributed by atoms with E-state index in [-0.39, 0.29) is 0 Å². The molecule has 0 amide bonds. The predicted octanol–water partition coefficient (Wildman–Crippen LogP) is 1.71. The molecule has 2 rings (SSSR count). The molecule has 1 unspecified atom stereocenters. The van der Waals surface area contributed by atoms with E-state index < -0.39 is 0 Å². The van der Waals surface area contributed by atoms with Gasteiger partial charge in [0.2, 0.25) is 0 Å². The summed E-state index contributed by atoms with van der Waals surface area (Å²) < 4.78 is 5.34. The molecule has 0 aliphatic carbocycles. The molecule has 1 aliphatic rings. The van der Waals surface area contributed by atoms with Gasteiger partial charge < -0.3 is 4.74 Å². The van der Waals surface area contributed by atoms with Crippen molar-refractivity contribution in [1.82, 2.24) is 15.4 Å². The third-order valence-electron chi connectivity index (χ3n) is 2.63. The van der Waals surface area contributed by atoms with Gasteiger partial charge in [-0.2, -0.15) is 10.3 Å². The molecule has 78 valence electrons. The van der Waals surface area contributed by atoms with Crippen LogP contribution in [0.25, 0.3) is 0 Å². The molecular weight excluding hydrogens is 198 g/mol. The molecule has 14 heavy (non-hydrogen) atoms. The summed E-state index contributed by atoms with van der Waals surface area (Å²) in [5.41, 5.74) is 0. The highest BCUT2D eigenvalue weighted by Gasteiger charge is 2.21. The van der Waals surface area contributed by atoms with Gasteiger partial charge in [0, 0.05) is 18.5 Å². The number of ether oxygens (including phenoxy) is 1. The average molecular weight is 213 g/mol. The molecule has 1 atom stereocenters. The average Bonchev–Trinajstić information content (AvgIpc) is 2.72. The minimum absolute atomic E-state index is 0.601. The third-order valence-corrected chi connectivity index (χ3v) is 3.82. The Hall–Kier alpha value is -0.550. The summed E-state index contributed by atoms with van der Waals surface area (Å²) >= 11 is 1.80. The van der Waals surface area contributed by atoms with Crippen molar-refractivity contribution in [2.75, 3.05) is 13.2 Å². The predicted molar refractivity (Wildman–Crippen MR) is 55.2 cm³/mol. The molecule has 5 heteroatoms. The number of hydrogen-bond donors (Lipinski definition) is 1. The molecule has 1 aromatic rings. The Morgan fingerprint density at radius 1 is 1.57 bits per heavy atom. The topological polar surface area (TPSA) is 50.8 Å². The molecule has 4 nitrogen and oxygen atoms in total. The largest absolute Gasteiger partial charge is 0.381 e. The number of hydrogen-bond acceptors (Lipinski definition) is 4. The van der Waals surface area contributed by atoms with E-state index in [0.717, 1.165) is 24.2 Å². The zero-order chi connectivity index (χ0) is 9.80. The van der Waals surface area contributed by atoms with Crippen molar-refractivity contribution >= 4 is 11.8 Å². The molecule has 0 aromatic carbocycles. The second kappa shape index (κ2) is 4.79. The summed E-state index contributed by atoms with van der Waals surface area (Å²) in [6, 6.07) is 0. The minimum Gasteiger partial charge on any atom is -0.381 e. The normalized spacial score (nSPS) is 20.9. The summed E-state index contributed by atoms with van der Waals surface area (Å²) in [6.07, 6.45) is 4.12. The molecule has 1 fully saturated rings. The van der Waals surface area contributed by atoms with Crippen LogP contribution >= 0.6 is 11.8 Å². The monoisotopic (exact) mass is 213 g/mol. The molecule has 0 spiro atoms. The first-order chi connectivity index (χ1) is 6.86. The van der Waals surface area contributed by atoms with Gasteiger partial charge in [0.25, 0.3) is 0 Å². The van der Waals surface area contributed by atoms with E-state index in [1.54, 1.807) is 18.0 Å². The number of thioether (sulfide) groups is 1. The Bertz CT molecular complexity index is 259. The molecule has 0 radical (unpaired) electrons. The van der Waals surface area contributed by atoms with Crippen molar-refractivity contribution in [3.05, 3.63) is 6.20 Å². The van der Waals surface area contributed by atoms with Crippen molar-refractivity contribution in [1.29, 1.82) is 0 Å². The quantitative estimate of drug-likeness (QED) is 0.777. The van der Waals surface area contributed by atoms with Gasteiger partial charge in [0.05, 0.1) is 6.20 Å². The zero-order valence-corrected chi connectivity index (χ0v) is 9.09. The van der Waals surface area contributed by atoms with E-state index in [4.69, 9.17) is 4.74 Å². The third kappa shape index (κ3) is 2.48. The Morgan fingerprint density at radius 2 is 2.36 bits per heavy atom. The lowest BCUT2D eigenvalue weighted by Crippen LogP contribution is -2.23. The minimum atomic E-state index is 0.601. The van der Waals surface area contributed by atoms with Crippen LogP contribution in [0.2, 0.25) is 0 Å². The Balaban J connectivity index is 1.85. The zero-order valence-electron chi connectivity index (χ0n) is 8.27. The van der Waals surface area contributed by atoms with Crippen LogP contribution in [0.1, 0.15) is 19.8 Å². The van der Waals surface area contributed by atoms with E-state index in [0.29, 0.717) is 5.25 Å². The van der Waals surface area contributed by atoms with E-state index >= 15 is 0 Å². The van der Waals surface area contributed by atoms with Crippen LogP contribution in [0.4, 0.5) is 0 Å². The van der Waals surface area contributed by atoms with E-state index in [2.05, 4.69) is 22.3 Å². The standard InChI is InChI=1S/C9H15N3OS/c1-7(8-2-4-13-5-3-8)14-9-6-10-12-11-9/h6-8H,2-5H2,1H3,(H,10,11,12). The van der Waals surface area contributed by atoms with Gasteiger partial charge in [-0.15, -0.1) is 5.10 Å². The van der Waals surface area contributed by atoms with Crippen LogP contribution in [-0.2, 0) is 4.74 Å². The maximum atomic E-state index is 5.34. The molecule has 1 aliphatic heterocycles. The number of nitrogens with one attached hydrogen (secondary N) is 1. The number of aromatic amines is 1. The lowest BCUT2D eigenvalue weighted by atomic mass is 9.97. The molecular formula is C9H15N3OS. The molecule has 0 saturated carbocycles. The molecule has 1 saturated heterocycles.